The second-order valence-electron chi connectivity index (χ2n) is 3.74. The molecule has 0 heterocycles. The van der Waals surface area contributed by atoms with Crippen LogP contribution in [-0.2, 0) is 9.53 Å². The fourth-order valence-electron chi connectivity index (χ4n) is 1.32. The van der Waals surface area contributed by atoms with Crippen LogP contribution in [0.15, 0.2) is 18.2 Å². The molecule has 0 saturated heterocycles. The zero-order chi connectivity index (χ0) is 12.7. The Morgan fingerprint density at radius 2 is 2.17 bits per heavy atom. The average Bonchev–Trinajstić information content (AvgIpc) is 2.29. The monoisotopic (exact) mass is 274 g/mol. The van der Waals surface area contributed by atoms with Gasteiger partial charge in [0.25, 0.3) is 0 Å². The fraction of sp³-hybridized carbons (Fsp3) is 0.417. The number of phenolic OH excluding ortho intramolecular Hbond substituents is 1. The Morgan fingerprint density at radius 1 is 1.44 bits per heavy atom. The van der Waals surface area contributed by atoms with Gasteiger partial charge in [-0.05, 0) is 24.6 Å². The van der Waals surface area contributed by atoms with Crippen molar-refractivity contribution in [1.82, 2.24) is 5.32 Å². The molecule has 102 valence electrons. The van der Waals surface area contributed by atoms with Crippen LogP contribution < -0.4 is 10.6 Å². The highest BCUT2D eigenvalue weighted by Crippen LogP contribution is 2.23. The minimum atomic E-state index is -0.193. The van der Waals surface area contributed by atoms with Crippen molar-refractivity contribution in [2.45, 2.75) is 6.92 Å². The molecule has 0 unspecified atom stereocenters. The van der Waals surface area contributed by atoms with Crippen LogP contribution in [0.25, 0.3) is 0 Å². The molecule has 18 heavy (non-hydrogen) atoms. The fourth-order valence-corrected chi connectivity index (χ4v) is 1.32. The predicted molar refractivity (Wildman–Crippen MR) is 73.5 cm³/mol. The summed E-state index contributed by atoms with van der Waals surface area (Å²) >= 11 is 0. The van der Waals surface area contributed by atoms with E-state index < -0.39 is 0 Å². The molecular formula is C12H19ClN2O3. The molecule has 0 radical (unpaired) electrons. The maximum atomic E-state index is 11.5. The lowest BCUT2D eigenvalue weighted by molar-refractivity contribution is -0.115. The van der Waals surface area contributed by atoms with Gasteiger partial charge in [0.1, 0.15) is 5.75 Å². The highest BCUT2D eigenvalue weighted by Gasteiger charge is 2.05. The van der Waals surface area contributed by atoms with E-state index >= 15 is 0 Å². The lowest BCUT2D eigenvalue weighted by Gasteiger charge is -2.08. The average molecular weight is 275 g/mol. The number of anilines is 1. The zero-order valence-electron chi connectivity index (χ0n) is 10.5. The van der Waals surface area contributed by atoms with Gasteiger partial charge in [-0.2, -0.15) is 0 Å². The molecule has 0 saturated carbocycles. The van der Waals surface area contributed by atoms with E-state index in [1.165, 1.54) is 0 Å². The Morgan fingerprint density at radius 3 is 2.83 bits per heavy atom. The summed E-state index contributed by atoms with van der Waals surface area (Å²) in [5, 5.41) is 15.1. The number of halogens is 1. The summed E-state index contributed by atoms with van der Waals surface area (Å²) in [6.07, 6.45) is 0. The van der Waals surface area contributed by atoms with Crippen LogP contribution in [0.4, 0.5) is 5.69 Å². The summed E-state index contributed by atoms with van der Waals surface area (Å²) in [5.74, 6) is -0.122. The van der Waals surface area contributed by atoms with Crippen molar-refractivity contribution in [2.75, 3.05) is 32.1 Å². The number of ether oxygens (including phenoxy) is 1. The van der Waals surface area contributed by atoms with Crippen molar-refractivity contribution in [1.29, 1.82) is 0 Å². The SMILES string of the molecule is COCCNCC(=O)Nc1cc(C)ccc1O.Cl. The van der Waals surface area contributed by atoms with Gasteiger partial charge >= 0.3 is 0 Å². The van der Waals surface area contributed by atoms with Crippen LogP contribution in [0, 0.1) is 6.92 Å². The first-order valence-electron chi connectivity index (χ1n) is 5.42. The minimum Gasteiger partial charge on any atom is -0.506 e. The number of hydrogen-bond donors (Lipinski definition) is 3. The summed E-state index contributed by atoms with van der Waals surface area (Å²) in [6, 6.07) is 5.06. The van der Waals surface area contributed by atoms with Crippen molar-refractivity contribution >= 4 is 24.0 Å². The van der Waals surface area contributed by atoms with E-state index in [0.717, 1.165) is 5.56 Å². The Kier molecular flexibility index (Phi) is 8.11. The number of benzene rings is 1. The second kappa shape index (κ2) is 8.74. The van der Waals surface area contributed by atoms with Gasteiger partial charge in [-0.1, -0.05) is 6.07 Å². The van der Waals surface area contributed by atoms with Gasteiger partial charge in [0.05, 0.1) is 18.8 Å². The largest absolute Gasteiger partial charge is 0.506 e. The van der Waals surface area contributed by atoms with Crippen LogP contribution >= 0.6 is 12.4 Å². The molecule has 1 amide bonds. The Bertz CT molecular complexity index is 386. The highest BCUT2D eigenvalue weighted by atomic mass is 35.5. The molecule has 6 heteroatoms. The van der Waals surface area contributed by atoms with Gasteiger partial charge in [0.2, 0.25) is 5.91 Å². The first-order chi connectivity index (χ1) is 8.13. The second-order valence-corrected chi connectivity index (χ2v) is 3.74. The summed E-state index contributed by atoms with van der Waals surface area (Å²) in [4.78, 5) is 11.5. The summed E-state index contributed by atoms with van der Waals surface area (Å²) < 4.78 is 4.84. The van der Waals surface area contributed by atoms with Crippen LogP contribution in [0.2, 0.25) is 0 Å². The molecule has 0 aliphatic rings. The molecule has 3 N–H and O–H groups in total. The number of aryl methyl sites for hydroxylation is 1. The van der Waals surface area contributed by atoms with Gasteiger partial charge in [0.15, 0.2) is 0 Å². The molecule has 0 aromatic heterocycles. The smallest absolute Gasteiger partial charge is 0.238 e. The molecule has 0 aliphatic heterocycles. The third kappa shape index (κ3) is 5.86. The molecule has 1 aromatic carbocycles. The van der Waals surface area contributed by atoms with Gasteiger partial charge in [-0.25, -0.2) is 0 Å². The van der Waals surface area contributed by atoms with E-state index in [-0.39, 0.29) is 30.6 Å². The number of rotatable bonds is 6. The van der Waals surface area contributed by atoms with Crippen LogP contribution in [0.1, 0.15) is 5.56 Å². The van der Waals surface area contributed by atoms with E-state index in [9.17, 15) is 9.90 Å². The number of hydrogen-bond acceptors (Lipinski definition) is 4. The summed E-state index contributed by atoms with van der Waals surface area (Å²) in [6.45, 7) is 3.26. The molecule has 0 bridgehead atoms. The molecule has 0 atom stereocenters. The maximum absolute atomic E-state index is 11.5. The van der Waals surface area contributed by atoms with Crippen molar-refractivity contribution in [3.63, 3.8) is 0 Å². The van der Waals surface area contributed by atoms with E-state index in [4.69, 9.17) is 4.74 Å². The van der Waals surface area contributed by atoms with Crippen LogP contribution in [-0.4, -0.2) is 37.8 Å². The van der Waals surface area contributed by atoms with Crippen molar-refractivity contribution < 1.29 is 14.6 Å². The minimum absolute atomic E-state index is 0. The van der Waals surface area contributed by atoms with Gasteiger partial charge in [0, 0.05) is 13.7 Å². The number of carbonyl (C=O) groups is 1. The first kappa shape index (κ1) is 16.7. The number of carbonyl (C=O) groups excluding carboxylic acids is 1. The number of amides is 1. The van der Waals surface area contributed by atoms with Gasteiger partial charge in [-0.15, -0.1) is 12.4 Å². The lowest BCUT2D eigenvalue weighted by Crippen LogP contribution is -2.30. The summed E-state index contributed by atoms with van der Waals surface area (Å²) in [5.41, 5.74) is 1.41. The van der Waals surface area contributed by atoms with E-state index in [2.05, 4.69) is 10.6 Å². The maximum Gasteiger partial charge on any atom is 0.238 e. The normalized spacial score (nSPS) is 9.67. The number of aromatic hydroxyl groups is 1. The first-order valence-corrected chi connectivity index (χ1v) is 5.42. The topological polar surface area (TPSA) is 70.6 Å². The number of nitrogens with one attached hydrogen (secondary N) is 2. The molecular weight excluding hydrogens is 256 g/mol. The van der Waals surface area contributed by atoms with Crippen molar-refractivity contribution in [3.8, 4) is 5.75 Å². The summed E-state index contributed by atoms with van der Waals surface area (Å²) in [7, 11) is 1.60. The van der Waals surface area contributed by atoms with Gasteiger partial charge in [-0.3, -0.25) is 4.79 Å². The Balaban J connectivity index is 0.00000289. The standard InChI is InChI=1S/C12H18N2O3.ClH/c1-9-3-4-11(15)10(7-9)14-12(16)8-13-5-6-17-2;/h3-4,7,13,15H,5-6,8H2,1-2H3,(H,14,16);1H. The van der Waals surface area contributed by atoms with Crippen LogP contribution in [0.5, 0.6) is 5.75 Å². The van der Waals surface area contributed by atoms with Crippen molar-refractivity contribution in [2.24, 2.45) is 0 Å². The number of phenols is 1. The van der Waals surface area contributed by atoms with E-state index in [1.807, 2.05) is 6.92 Å². The van der Waals surface area contributed by atoms with E-state index in [1.54, 1.807) is 25.3 Å². The third-order valence-corrected chi connectivity index (χ3v) is 2.19. The Labute approximate surface area is 113 Å². The highest BCUT2D eigenvalue weighted by molar-refractivity contribution is 5.93. The Hall–Kier alpha value is -1.30. The molecule has 0 aliphatic carbocycles. The van der Waals surface area contributed by atoms with Gasteiger partial charge < -0.3 is 20.5 Å². The predicted octanol–water partition coefficient (Wildman–Crippen LogP) is 1.30. The molecule has 5 nitrogen and oxygen atoms in total. The molecule has 1 rings (SSSR count). The lowest BCUT2D eigenvalue weighted by atomic mass is 10.2. The van der Waals surface area contributed by atoms with E-state index in [0.29, 0.717) is 18.8 Å². The molecule has 1 aromatic rings. The molecule has 0 spiro atoms. The quantitative estimate of drug-likeness (QED) is 0.540. The number of methoxy groups -OCH3 is 1. The molecule has 0 fully saturated rings. The third-order valence-electron chi connectivity index (χ3n) is 2.19. The van der Waals surface area contributed by atoms with Crippen LogP contribution in [0.3, 0.4) is 0 Å². The zero-order valence-corrected chi connectivity index (χ0v) is 11.3. The van der Waals surface area contributed by atoms with Crippen molar-refractivity contribution in [3.05, 3.63) is 23.8 Å².